The Hall–Kier alpha value is -2.82. The minimum Gasteiger partial charge on any atom is -0.478 e. The number of amides is 1. The lowest BCUT2D eigenvalue weighted by molar-refractivity contribution is -0.132. The van der Waals surface area contributed by atoms with E-state index in [0.717, 1.165) is 0 Å². The van der Waals surface area contributed by atoms with Crippen molar-refractivity contribution in [2.24, 2.45) is 7.05 Å². The number of hydrogen-bond acceptors (Lipinski definition) is 5. The quantitative estimate of drug-likeness (QED) is 0.823. The molecule has 0 spiro atoms. The molecule has 1 rings (SSSR count). The van der Waals surface area contributed by atoms with Gasteiger partial charge in [-0.2, -0.15) is 10.4 Å². The van der Waals surface area contributed by atoms with Crippen molar-refractivity contribution in [3.05, 3.63) is 17.5 Å². The summed E-state index contributed by atoms with van der Waals surface area (Å²) in [6, 6.07) is 1.78. The van der Waals surface area contributed by atoms with E-state index in [2.05, 4.69) is 10.4 Å². The molecule has 0 radical (unpaired) electrons. The molecule has 0 aromatic carbocycles. The zero-order valence-corrected chi connectivity index (χ0v) is 12.9. The second-order valence-corrected chi connectivity index (χ2v) is 5.50. The van der Waals surface area contributed by atoms with Crippen LogP contribution in [0.2, 0.25) is 0 Å². The summed E-state index contributed by atoms with van der Waals surface area (Å²) in [5.41, 5.74) is -0.0970. The molecule has 118 valence electrons. The number of aryl methyl sites for hydroxylation is 1. The Balaban J connectivity index is 3.06. The van der Waals surface area contributed by atoms with Gasteiger partial charge in [-0.15, -0.1) is 0 Å². The maximum absolute atomic E-state index is 11.8. The van der Waals surface area contributed by atoms with E-state index in [1.54, 1.807) is 33.9 Å². The summed E-state index contributed by atoms with van der Waals surface area (Å²) in [5.74, 6) is -1.20. The van der Waals surface area contributed by atoms with Gasteiger partial charge < -0.3 is 9.84 Å². The maximum atomic E-state index is 11.8. The Morgan fingerprint density at radius 2 is 2.18 bits per heavy atom. The van der Waals surface area contributed by atoms with Crippen LogP contribution in [-0.4, -0.2) is 32.6 Å². The first-order chi connectivity index (χ1) is 10.1. The van der Waals surface area contributed by atoms with Crippen molar-refractivity contribution in [2.75, 3.05) is 5.32 Å². The number of rotatable bonds is 4. The van der Waals surface area contributed by atoms with Crippen molar-refractivity contribution in [3.8, 4) is 6.07 Å². The lowest BCUT2D eigenvalue weighted by Gasteiger charge is -2.19. The normalized spacial score (nSPS) is 11.7. The number of carboxylic acid groups (broad SMARTS) is 1. The van der Waals surface area contributed by atoms with Gasteiger partial charge in [0, 0.05) is 7.05 Å². The van der Waals surface area contributed by atoms with Crippen molar-refractivity contribution in [1.82, 2.24) is 9.78 Å². The molecule has 0 fully saturated rings. The van der Waals surface area contributed by atoms with Gasteiger partial charge in [0.25, 0.3) is 0 Å². The molecule has 0 atom stereocenters. The zero-order valence-electron chi connectivity index (χ0n) is 12.9. The summed E-state index contributed by atoms with van der Waals surface area (Å²) in [6.07, 6.45) is 1.74. The van der Waals surface area contributed by atoms with E-state index in [0.29, 0.717) is 11.4 Å². The summed E-state index contributed by atoms with van der Waals surface area (Å²) in [4.78, 5) is 22.9. The fourth-order valence-corrected chi connectivity index (χ4v) is 1.57. The number of ether oxygens (including phenoxy) is 1. The molecule has 0 aliphatic carbocycles. The van der Waals surface area contributed by atoms with Crippen LogP contribution in [0.25, 0.3) is 6.08 Å². The van der Waals surface area contributed by atoms with E-state index < -0.39 is 17.7 Å². The molecular formula is C14H18N4O4. The standard InChI is InChI=1S/C14H18N4O4/c1-14(2,3)22-13(21)17-10-8-16-18(4)11(10)7-9(5-6-15)12(19)20/h7-8H,5H2,1-4H3,(H,17,21)(H,19,20). The van der Waals surface area contributed by atoms with Gasteiger partial charge in [-0.3, -0.25) is 10.00 Å². The maximum Gasteiger partial charge on any atom is 0.412 e. The number of aromatic nitrogens is 2. The molecular weight excluding hydrogens is 288 g/mol. The van der Waals surface area contributed by atoms with Crippen LogP contribution >= 0.6 is 0 Å². The van der Waals surface area contributed by atoms with Crippen LogP contribution in [0, 0.1) is 11.3 Å². The average Bonchev–Trinajstić information content (AvgIpc) is 2.68. The minimum absolute atomic E-state index is 0.0988. The second kappa shape index (κ2) is 6.76. The monoisotopic (exact) mass is 306 g/mol. The predicted molar refractivity (Wildman–Crippen MR) is 78.9 cm³/mol. The minimum atomic E-state index is -1.20. The predicted octanol–water partition coefficient (Wildman–Crippen LogP) is 2.15. The van der Waals surface area contributed by atoms with Crippen molar-refractivity contribution in [2.45, 2.75) is 32.8 Å². The third kappa shape index (κ3) is 4.94. The highest BCUT2D eigenvalue weighted by Crippen LogP contribution is 2.20. The molecule has 0 bridgehead atoms. The molecule has 0 saturated heterocycles. The molecule has 8 nitrogen and oxygen atoms in total. The highest BCUT2D eigenvalue weighted by molar-refractivity contribution is 5.94. The number of carbonyl (C=O) groups excluding carboxylic acids is 1. The first kappa shape index (κ1) is 17.2. The Kier molecular flexibility index (Phi) is 5.29. The Morgan fingerprint density at radius 1 is 1.55 bits per heavy atom. The van der Waals surface area contributed by atoms with Gasteiger partial charge in [-0.05, 0) is 26.8 Å². The van der Waals surface area contributed by atoms with Crippen LogP contribution < -0.4 is 5.32 Å². The van der Waals surface area contributed by atoms with Crippen LogP contribution in [0.3, 0.4) is 0 Å². The van der Waals surface area contributed by atoms with Gasteiger partial charge in [0.15, 0.2) is 0 Å². The van der Waals surface area contributed by atoms with Crippen LogP contribution in [0.1, 0.15) is 32.9 Å². The number of nitrogens with zero attached hydrogens (tertiary/aromatic N) is 3. The van der Waals surface area contributed by atoms with Crippen LogP contribution in [0.5, 0.6) is 0 Å². The molecule has 2 N–H and O–H groups in total. The molecule has 0 aliphatic heterocycles. The van der Waals surface area contributed by atoms with E-state index in [-0.39, 0.29) is 12.0 Å². The van der Waals surface area contributed by atoms with Gasteiger partial charge in [0.05, 0.1) is 35.6 Å². The molecule has 0 saturated carbocycles. The number of nitrogens with one attached hydrogen (secondary N) is 1. The SMILES string of the molecule is Cn1ncc(NC(=O)OC(C)(C)C)c1C=C(CC#N)C(=O)O. The summed E-state index contributed by atoms with van der Waals surface area (Å²) in [6.45, 7) is 5.18. The van der Waals surface area contributed by atoms with Gasteiger partial charge in [-0.25, -0.2) is 9.59 Å². The fourth-order valence-electron chi connectivity index (χ4n) is 1.57. The molecule has 1 aromatic heterocycles. The van der Waals surface area contributed by atoms with Crippen molar-refractivity contribution in [3.63, 3.8) is 0 Å². The molecule has 0 unspecified atom stereocenters. The zero-order chi connectivity index (χ0) is 16.9. The molecule has 0 aliphatic rings. The summed E-state index contributed by atoms with van der Waals surface area (Å²) < 4.78 is 6.53. The Labute approximate surface area is 128 Å². The lowest BCUT2D eigenvalue weighted by Crippen LogP contribution is -2.27. The van der Waals surface area contributed by atoms with Gasteiger partial charge >= 0.3 is 12.1 Å². The number of aliphatic carboxylic acids is 1. The number of hydrogen-bond donors (Lipinski definition) is 2. The van der Waals surface area contributed by atoms with Gasteiger partial charge in [0.1, 0.15) is 5.60 Å². The van der Waals surface area contributed by atoms with Crippen LogP contribution in [0.4, 0.5) is 10.5 Å². The van der Waals surface area contributed by atoms with E-state index in [4.69, 9.17) is 15.1 Å². The highest BCUT2D eigenvalue weighted by atomic mass is 16.6. The topological polar surface area (TPSA) is 117 Å². The molecule has 22 heavy (non-hydrogen) atoms. The van der Waals surface area contributed by atoms with Crippen molar-refractivity contribution >= 4 is 23.8 Å². The first-order valence-electron chi connectivity index (χ1n) is 6.47. The molecule has 8 heteroatoms. The number of carbonyl (C=O) groups is 2. The number of nitriles is 1. The van der Waals surface area contributed by atoms with E-state index in [9.17, 15) is 9.59 Å². The second-order valence-electron chi connectivity index (χ2n) is 5.50. The third-order valence-corrected chi connectivity index (χ3v) is 2.48. The van der Waals surface area contributed by atoms with Crippen molar-refractivity contribution < 1.29 is 19.4 Å². The Bertz CT molecular complexity index is 647. The summed E-state index contributed by atoms with van der Waals surface area (Å²) in [5, 5.41) is 24.2. The average molecular weight is 306 g/mol. The van der Waals surface area contributed by atoms with E-state index in [1.165, 1.54) is 17.0 Å². The Morgan fingerprint density at radius 3 is 2.68 bits per heavy atom. The van der Waals surface area contributed by atoms with Gasteiger partial charge in [-0.1, -0.05) is 0 Å². The molecule has 1 heterocycles. The highest BCUT2D eigenvalue weighted by Gasteiger charge is 2.19. The summed E-state index contributed by atoms with van der Waals surface area (Å²) >= 11 is 0. The smallest absolute Gasteiger partial charge is 0.412 e. The van der Waals surface area contributed by atoms with E-state index in [1.807, 2.05) is 0 Å². The number of carboxylic acids is 1. The number of anilines is 1. The lowest BCUT2D eigenvalue weighted by atomic mass is 10.1. The molecule has 1 amide bonds. The van der Waals surface area contributed by atoms with Gasteiger partial charge in [0.2, 0.25) is 0 Å². The van der Waals surface area contributed by atoms with E-state index >= 15 is 0 Å². The largest absolute Gasteiger partial charge is 0.478 e. The van der Waals surface area contributed by atoms with Crippen LogP contribution in [0.15, 0.2) is 11.8 Å². The first-order valence-corrected chi connectivity index (χ1v) is 6.47. The summed E-state index contributed by atoms with van der Waals surface area (Å²) in [7, 11) is 1.60. The fraction of sp³-hybridized carbons (Fsp3) is 0.429. The van der Waals surface area contributed by atoms with Crippen molar-refractivity contribution in [1.29, 1.82) is 5.26 Å². The third-order valence-electron chi connectivity index (χ3n) is 2.48. The van der Waals surface area contributed by atoms with Crippen LogP contribution in [-0.2, 0) is 16.6 Å². The molecule has 1 aromatic rings.